The van der Waals surface area contributed by atoms with Gasteiger partial charge >= 0.3 is 12.1 Å². The van der Waals surface area contributed by atoms with Crippen LogP contribution in [0.2, 0.25) is 0 Å². The lowest BCUT2D eigenvalue weighted by molar-refractivity contribution is -0.137. The van der Waals surface area contributed by atoms with Gasteiger partial charge in [0.25, 0.3) is 0 Å². The third-order valence-corrected chi connectivity index (χ3v) is 4.43. The van der Waals surface area contributed by atoms with Gasteiger partial charge in [0, 0.05) is 6.04 Å². The molecule has 0 saturated carbocycles. The fourth-order valence-corrected chi connectivity index (χ4v) is 3.37. The lowest BCUT2D eigenvalue weighted by Gasteiger charge is -2.17. The Hall–Kier alpha value is -1.61. The van der Waals surface area contributed by atoms with Crippen molar-refractivity contribution in [3.05, 3.63) is 29.3 Å². The molecular weight excluding hydrogens is 311 g/mol. The van der Waals surface area contributed by atoms with Crippen LogP contribution in [0, 0.1) is 6.92 Å². The van der Waals surface area contributed by atoms with Crippen molar-refractivity contribution in [3.8, 4) is 0 Å². The number of carbonyl (C=O) groups is 1. The van der Waals surface area contributed by atoms with Crippen molar-refractivity contribution in [2.45, 2.75) is 37.4 Å². The topological polar surface area (TPSA) is 83.5 Å². The van der Waals surface area contributed by atoms with Crippen LogP contribution in [-0.4, -0.2) is 31.7 Å². The summed E-state index contributed by atoms with van der Waals surface area (Å²) in [4.78, 5) is 10.6. The minimum Gasteiger partial charge on any atom is -0.478 e. The largest absolute Gasteiger partial charge is 0.478 e. The number of nitrogens with one attached hydrogen (secondary N) is 1. The Morgan fingerprint density at radius 3 is 2.43 bits per heavy atom. The first-order chi connectivity index (χ1) is 9.44. The molecule has 1 unspecified atom stereocenters. The Bertz CT molecular complexity index is 640. The second-order valence-corrected chi connectivity index (χ2v) is 6.26. The Labute approximate surface area is 119 Å². The second-order valence-electron chi connectivity index (χ2n) is 4.58. The molecule has 1 aromatic carbocycles. The predicted molar refractivity (Wildman–Crippen MR) is 68.6 cm³/mol. The number of hydrogen-bond acceptors (Lipinski definition) is 3. The van der Waals surface area contributed by atoms with Crippen LogP contribution in [0.15, 0.2) is 23.1 Å². The van der Waals surface area contributed by atoms with E-state index in [1.54, 1.807) is 0 Å². The number of alkyl halides is 3. The van der Waals surface area contributed by atoms with E-state index in [0.29, 0.717) is 0 Å². The van der Waals surface area contributed by atoms with Crippen molar-refractivity contribution < 1.29 is 31.5 Å². The second kappa shape index (κ2) is 6.02. The Morgan fingerprint density at radius 1 is 1.38 bits per heavy atom. The first-order valence-corrected chi connectivity index (χ1v) is 7.34. The zero-order valence-corrected chi connectivity index (χ0v) is 12.0. The van der Waals surface area contributed by atoms with Gasteiger partial charge in [0.05, 0.1) is 16.9 Å². The molecule has 0 aliphatic rings. The third kappa shape index (κ3) is 4.71. The van der Waals surface area contributed by atoms with Crippen LogP contribution in [-0.2, 0) is 10.0 Å². The van der Waals surface area contributed by atoms with E-state index >= 15 is 0 Å². The molecule has 5 nitrogen and oxygen atoms in total. The Morgan fingerprint density at radius 2 is 1.95 bits per heavy atom. The molecule has 118 valence electrons. The van der Waals surface area contributed by atoms with Gasteiger partial charge in [-0.3, -0.25) is 0 Å². The van der Waals surface area contributed by atoms with E-state index in [1.807, 2.05) is 4.72 Å². The van der Waals surface area contributed by atoms with E-state index in [4.69, 9.17) is 5.11 Å². The van der Waals surface area contributed by atoms with Crippen LogP contribution in [0.5, 0.6) is 0 Å². The molecule has 0 aromatic heterocycles. The van der Waals surface area contributed by atoms with Crippen molar-refractivity contribution in [1.29, 1.82) is 0 Å². The van der Waals surface area contributed by atoms with E-state index in [9.17, 15) is 26.4 Å². The normalized spacial score (nSPS) is 14.0. The monoisotopic (exact) mass is 325 g/mol. The summed E-state index contributed by atoms with van der Waals surface area (Å²) in [7, 11) is -4.23. The van der Waals surface area contributed by atoms with Crippen molar-refractivity contribution >= 4 is 16.0 Å². The molecule has 21 heavy (non-hydrogen) atoms. The zero-order valence-electron chi connectivity index (χ0n) is 11.2. The average molecular weight is 325 g/mol. The highest BCUT2D eigenvalue weighted by Gasteiger charge is 2.32. The highest BCUT2D eigenvalue weighted by Crippen LogP contribution is 2.23. The maximum Gasteiger partial charge on any atom is 0.390 e. The average Bonchev–Trinajstić information content (AvgIpc) is 2.24. The number of sulfonamides is 1. The van der Waals surface area contributed by atoms with Gasteiger partial charge in [-0.15, -0.1) is 0 Å². The molecule has 0 fully saturated rings. The lowest BCUT2D eigenvalue weighted by atomic mass is 10.1. The SMILES string of the molecule is Cc1c(C(=O)O)cccc1S(=O)(=O)NC(C)CC(F)(F)F. The molecular formula is C12H14F3NO4S. The molecule has 1 rings (SSSR count). The Kier molecular flexibility index (Phi) is 5.00. The van der Waals surface area contributed by atoms with E-state index in [-0.39, 0.29) is 16.0 Å². The van der Waals surface area contributed by atoms with Crippen LogP contribution >= 0.6 is 0 Å². The quantitative estimate of drug-likeness (QED) is 0.870. The fraction of sp³-hybridized carbons (Fsp3) is 0.417. The van der Waals surface area contributed by atoms with Crippen molar-refractivity contribution in [2.24, 2.45) is 0 Å². The Balaban J connectivity index is 3.09. The molecule has 0 saturated heterocycles. The van der Waals surface area contributed by atoms with Gasteiger partial charge in [-0.1, -0.05) is 6.07 Å². The van der Waals surface area contributed by atoms with Gasteiger partial charge in [-0.2, -0.15) is 13.2 Å². The minimum atomic E-state index is -4.50. The molecule has 0 aliphatic heterocycles. The molecule has 9 heteroatoms. The minimum absolute atomic E-state index is 0.0308. The molecule has 2 N–H and O–H groups in total. The number of carboxylic acid groups (broad SMARTS) is 1. The third-order valence-electron chi connectivity index (χ3n) is 2.70. The summed E-state index contributed by atoms with van der Waals surface area (Å²) in [6.45, 7) is 2.37. The van der Waals surface area contributed by atoms with E-state index < -0.39 is 34.6 Å². The number of aromatic carboxylic acids is 1. The maximum absolute atomic E-state index is 12.2. The molecule has 1 aromatic rings. The van der Waals surface area contributed by atoms with Gasteiger partial charge in [0.15, 0.2) is 0 Å². The van der Waals surface area contributed by atoms with Crippen LogP contribution in [0.3, 0.4) is 0 Å². The summed E-state index contributed by atoms with van der Waals surface area (Å²) in [6, 6.07) is 2.22. The van der Waals surface area contributed by atoms with Gasteiger partial charge in [-0.25, -0.2) is 17.9 Å². The van der Waals surface area contributed by atoms with Crippen LogP contribution < -0.4 is 4.72 Å². The van der Waals surface area contributed by atoms with Crippen molar-refractivity contribution in [2.75, 3.05) is 0 Å². The van der Waals surface area contributed by atoms with Gasteiger partial charge < -0.3 is 5.11 Å². The van der Waals surface area contributed by atoms with E-state index in [2.05, 4.69) is 0 Å². The summed E-state index contributed by atoms with van der Waals surface area (Å²) in [5.74, 6) is -1.31. The number of carboxylic acids is 1. The summed E-state index contributed by atoms with van der Waals surface area (Å²) in [5, 5.41) is 8.93. The number of benzene rings is 1. The first-order valence-electron chi connectivity index (χ1n) is 5.86. The summed E-state index contributed by atoms with van der Waals surface area (Å²) in [5.41, 5.74) is -0.252. The van der Waals surface area contributed by atoms with Crippen LogP contribution in [0.25, 0.3) is 0 Å². The van der Waals surface area contributed by atoms with Gasteiger partial charge in [0.2, 0.25) is 10.0 Å². The molecule has 0 spiro atoms. The van der Waals surface area contributed by atoms with Crippen LogP contribution in [0.1, 0.15) is 29.3 Å². The standard InChI is InChI=1S/C12H14F3NO4S/c1-7(6-12(13,14)15)16-21(19,20)10-5-3-4-9(8(10)2)11(17)18/h3-5,7,16H,6H2,1-2H3,(H,17,18). The van der Waals surface area contributed by atoms with Gasteiger partial charge in [-0.05, 0) is 31.5 Å². The molecule has 0 radical (unpaired) electrons. The summed E-state index contributed by atoms with van der Waals surface area (Å²) < 4.78 is 62.7. The first kappa shape index (κ1) is 17.4. The maximum atomic E-state index is 12.2. The van der Waals surface area contributed by atoms with E-state index in [1.165, 1.54) is 19.1 Å². The molecule has 0 amide bonds. The summed E-state index contributed by atoms with van der Waals surface area (Å²) >= 11 is 0. The van der Waals surface area contributed by atoms with E-state index in [0.717, 1.165) is 13.0 Å². The zero-order chi connectivity index (χ0) is 16.4. The highest BCUT2D eigenvalue weighted by atomic mass is 32.2. The smallest absolute Gasteiger partial charge is 0.390 e. The molecule has 0 heterocycles. The lowest BCUT2D eigenvalue weighted by Crippen LogP contribution is -2.36. The number of halogens is 3. The molecule has 0 aliphatic carbocycles. The van der Waals surface area contributed by atoms with Crippen molar-refractivity contribution in [3.63, 3.8) is 0 Å². The molecule has 0 bridgehead atoms. The fourth-order valence-electron chi connectivity index (χ4n) is 1.85. The van der Waals surface area contributed by atoms with Gasteiger partial charge in [0.1, 0.15) is 0 Å². The van der Waals surface area contributed by atoms with Crippen molar-refractivity contribution in [1.82, 2.24) is 4.72 Å². The molecule has 1 atom stereocenters. The number of hydrogen-bond donors (Lipinski definition) is 2. The number of rotatable bonds is 5. The highest BCUT2D eigenvalue weighted by molar-refractivity contribution is 7.89. The predicted octanol–water partition coefficient (Wildman–Crippen LogP) is 2.31. The van der Waals surface area contributed by atoms with Crippen LogP contribution in [0.4, 0.5) is 13.2 Å². The summed E-state index contributed by atoms with van der Waals surface area (Å²) in [6.07, 6.45) is -5.82.